The molecule has 14 heavy (non-hydrogen) atoms. The van der Waals surface area contributed by atoms with Gasteiger partial charge >= 0.3 is 5.97 Å². The van der Waals surface area contributed by atoms with E-state index in [0.29, 0.717) is 12.3 Å². The lowest BCUT2D eigenvalue weighted by molar-refractivity contribution is -0.142. The highest BCUT2D eigenvalue weighted by atomic mass is 35.5. The number of carboxylic acids is 1. The summed E-state index contributed by atoms with van der Waals surface area (Å²) in [5.74, 6) is -0.669. The first-order chi connectivity index (χ1) is 5.56. The van der Waals surface area contributed by atoms with Gasteiger partial charge in [0.15, 0.2) is 5.54 Å². The topological polar surface area (TPSA) is 89.3 Å². The Labute approximate surface area is 98.8 Å². The van der Waals surface area contributed by atoms with Crippen LogP contribution < -0.4 is 11.5 Å². The lowest BCUT2D eigenvalue weighted by Crippen LogP contribution is -2.52. The van der Waals surface area contributed by atoms with E-state index in [9.17, 15) is 9.18 Å². The van der Waals surface area contributed by atoms with Crippen LogP contribution in [0.15, 0.2) is 0 Å². The van der Waals surface area contributed by atoms with E-state index >= 15 is 0 Å². The zero-order valence-corrected chi connectivity index (χ0v) is 9.89. The Kier molecular flexibility index (Phi) is 13.8. The van der Waals surface area contributed by atoms with Crippen molar-refractivity contribution in [3.63, 3.8) is 0 Å². The van der Waals surface area contributed by atoms with E-state index in [2.05, 4.69) is 0 Å². The Hall–Kier alpha value is 0.250. The summed E-state index contributed by atoms with van der Waals surface area (Å²) in [7, 11) is 0. The molecule has 4 nitrogen and oxygen atoms in total. The largest absolute Gasteiger partial charge is 0.480 e. The predicted molar refractivity (Wildman–Crippen MR) is 61.4 cm³/mol. The third-order valence-electron chi connectivity index (χ3n) is 1.29. The minimum Gasteiger partial charge on any atom is -0.480 e. The van der Waals surface area contributed by atoms with Gasteiger partial charge in [-0.2, -0.15) is 11.8 Å². The summed E-state index contributed by atoms with van der Waals surface area (Å²) in [4.78, 5) is 10.4. The molecule has 8 heteroatoms. The fourth-order valence-electron chi connectivity index (χ4n) is 0.495. The summed E-state index contributed by atoms with van der Waals surface area (Å²) in [5, 5.41) is 8.52. The lowest BCUT2D eigenvalue weighted by atomic mass is 10.1. The van der Waals surface area contributed by atoms with E-state index in [1.165, 1.54) is 11.8 Å². The van der Waals surface area contributed by atoms with Gasteiger partial charge in [-0.3, -0.25) is 4.79 Å². The van der Waals surface area contributed by atoms with E-state index in [-0.39, 0.29) is 30.6 Å². The van der Waals surface area contributed by atoms with Crippen molar-refractivity contribution in [1.29, 1.82) is 0 Å². The Balaban J connectivity index is -0.000000605. The second-order valence-corrected chi connectivity index (χ2v) is 3.54. The molecule has 0 aliphatic heterocycles. The number of rotatable bonds is 6. The van der Waals surface area contributed by atoms with Crippen LogP contribution in [0.3, 0.4) is 0 Å². The maximum absolute atomic E-state index is 12.2. The van der Waals surface area contributed by atoms with Gasteiger partial charge in [0.05, 0.1) is 0 Å². The summed E-state index contributed by atoms with van der Waals surface area (Å²) in [6, 6.07) is 0. The first kappa shape index (κ1) is 19.8. The molecule has 88 valence electrons. The molecule has 0 aliphatic carbocycles. The van der Waals surface area contributed by atoms with Crippen molar-refractivity contribution in [2.24, 2.45) is 11.5 Å². The van der Waals surface area contributed by atoms with E-state index in [1.54, 1.807) is 0 Å². The van der Waals surface area contributed by atoms with Crippen LogP contribution in [0, 0.1) is 0 Å². The highest BCUT2D eigenvalue weighted by Crippen LogP contribution is 2.11. The molecule has 0 unspecified atom stereocenters. The number of nitrogens with two attached hydrogens (primary N) is 2. The highest BCUT2D eigenvalue weighted by Gasteiger charge is 2.33. The molecule has 1 atom stereocenters. The fraction of sp³-hybridized carbons (Fsp3) is 0.833. The number of aliphatic carboxylic acids is 1. The van der Waals surface area contributed by atoms with Crippen LogP contribution in [0.5, 0.6) is 0 Å². The van der Waals surface area contributed by atoms with Crippen LogP contribution in [0.25, 0.3) is 0 Å². The number of hydrogen-bond donors (Lipinski definition) is 3. The second kappa shape index (κ2) is 9.79. The van der Waals surface area contributed by atoms with Gasteiger partial charge in [0.25, 0.3) is 0 Å². The second-order valence-electron chi connectivity index (χ2n) is 2.44. The van der Waals surface area contributed by atoms with E-state index in [0.717, 1.165) is 0 Å². The van der Waals surface area contributed by atoms with E-state index < -0.39 is 18.2 Å². The minimum absolute atomic E-state index is 0. The van der Waals surface area contributed by atoms with Crippen LogP contribution in [-0.4, -0.2) is 41.3 Å². The highest BCUT2D eigenvalue weighted by molar-refractivity contribution is 7.99. The van der Waals surface area contributed by atoms with Gasteiger partial charge in [-0.25, -0.2) is 4.39 Å². The van der Waals surface area contributed by atoms with Crippen molar-refractivity contribution in [2.75, 3.05) is 24.7 Å². The zero-order chi connectivity index (χ0) is 9.61. The maximum atomic E-state index is 12.2. The molecular weight excluding hydrogens is 254 g/mol. The lowest BCUT2D eigenvalue weighted by Gasteiger charge is -2.19. The molecule has 0 spiro atoms. The molecule has 0 bridgehead atoms. The molecule has 0 rings (SSSR count). The molecular formula is C6H15Cl2FN2O2S. The summed E-state index contributed by atoms with van der Waals surface area (Å²) in [6.07, 6.45) is 0. The van der Waals surface area contributed by atoms with Crippen molar-refractivity contribution < 1.29 is 14.3 Å². The first-order valence-corrected chi connectivity index (χ1v) is 4.58. The number of carboxylic acid groups (broad SMARTS) is 1. The Morgan fingerprint density at radius 2 is 2.00 bits per heavy atom. The molecule has 0 radical (unpaired) electrons. The van der Waals surface area contributed by atoms with Crippen molar-refractivity contribution in [1.82, 2.24) is 0 Å². The minimum atomic E-state index is -1.75. The summed E-state index contributed by atoms with van der Waals surface area (Å²) < 4.78 is 12.2. The predicted octanol–water partition coefficient (Wildman–Crippen LogP) is 0.273. The van der Waals surface area contributed by atoms with Crippen LogP contribution >= 0.6 is 36.6 Å². The molecule has 0 aliphatic rings. The average Bonchev–Trinajstić information content (AvgIpc) is 2.04. The van der Waals surface area contributed by atoms with Gasteiger partial charge in [-0.15, -0.1) is 24.8 Å². The molecule has 0 fully saturated rings. The Morgan fingerprint density at radius 1 is 1.50 bits per heavy atom. The summed E-state index contributed by atoms with van der Waals surface area (Å²) in [6.45, 7) is -0.618. The number of thioether (sulfide) groups is 1. The fourth-order valence-corrected chi connectivity index (χ4v) is 1.37. The maximum Gasteiger partial charge on any atom is 0.327 e. The molecule has 5 N–H and O–H groups in total. The molecule has 0 aromatic carbocycles. The molecule has 0 saturated heterocycles. The third-order valence-corrected chi connectivity index (χ3v) is 2.53. The number of halogens is 3. The smallest absolute Gasteiger partial charge is 0.327 e. The molecule has 0 aromatic rings. The van der Waals surface area contributed by atoms with E-state index in [1.807, 2.05) is 0 Å². The monoisotopic (exact) mass is 268 g/mol. The normalized spacial score (nSPS) is 13.4. The van der Waals surface area contributed by atoms with Gasteiger partial charge in [0.2, 0.25) is 0 Å². The van der Waals surface area contributed by atoms with Crippen molar-refractivity contribution in [2.45, 2.75) is 5.54 Å². The molecule has 0 saturated carbocycles. The Bertz CT molecular complexity index is 167. The SMILES string of the molecule is Cl.Cl.NCCSC[C@@](N)(CF)C(=O)O. The van der Waals surface area contributed by atoms with Gasteiger partial charge < -0.3 is 16.6 Å². The van der Waals surface area contributed by atoms with E-state index in [4.69, 9.17) is 16.6 Å². The van der Waals surface area contributed by atoms with Crippen molar-refractivity contribution in [3.05, 3.63) is 0 Å². The van der Waals surface area contributed by atoms with Gasteiger partial charge in [0.1, 0.15) is 6.67 Å². The molecule has 0 heterocycles. The summed E-state index contributed by atoms with van der Waals surface area (Å²) >= 11 is 1.24. The molecule has 0 aromatic heterocycles. The Morgan fingerprint density at radius 3 is 2.29 bits per heavy atom. The molecule has 0 amide bonds. The zero-order valence-electron chi connectivity index (χ0n) is 7.44. The van der Waals surface area contributed by atoms with Gasteiger partial charge in [0, 0.05) is 18.1 Å². The third kappa shape index (κ3) is 6.67. The van der Waals surface area contributed by atoms with Gasteiger partial charge in [-0.1, -0.05) is 0 Å². The quantitative estimate of drug-likeness (QED) is 0.602. The average molecular weight is 269 g/mol. The van der Waals surface area contributed by atoms with Crippen LogP contribution in [0.1, 0.15) is 0 Å². The van der Waals surface area contributed by atoms with Gasteiger partial charge in [-0.05, 0) is 0 Å². The van der Waals surface area contributed by atoms with Crippen molar-refractivity contribution in [3.8, 4) is 0 Å². The number of carbonyl (C=O) groups is 1. The van der Waals surface area contributed by atoms with Crippen molar-refractivity contribution >= 4 is 42.5 Å². The van der Waals surface area contributed by atoms with Crippen LogP contribution in [-0.2, 0) is 4.79 Å². The van der Waals surface area contributed by atoms with Crippen LogP contribution in [0.2, 0.25) is 0 Å². The number of alkyl halides is 1. The number of hydrogen-bond acceptors (Lipinski definition) is 4. The standard InChI is InChI=1S/C6H13FN2O2S.2ClH/c7-3-6(9,5(10)11)4-12-2-1-8;;/h1-4,8-9H2,(H,10,11);2*1H/t6-;;/m0../s1. The summed E-state index contributed by atoms with van der Waals surface area (Å²) in [5.41, 5.74) is 8.67. The first-order valence-electron chi connectivity index (χ1n) is 3.43. The van der Waals surface area contributed by atoms with Crippen LogP contribution in [0.4, 0.5) is 4.39 Å².